The lowest BCUT2D eigenvalue weighted by Crippen LogP contribution is -1.86. The van der Waals surface area contributed by atoms with Gasteiger partial charge in [-0.1, -0.05) is 43.7 Å². The van der Waals surface area contributed by atoms with Gasteiger partial charge in [0.15, 0.2) is 0 Å². The Labute approximate surface area is 88.3 Å². The Balaban J connectivity index is 3.15. The summed E-state index contributed by atoms with van der Waals surface area (Å²) >= 11 is 8.21. The molecule has 1 nitrogen and oxygen atoms in total. The summed E-state index contributed by atoms with van der Waals surface area (Å²) < 4.78 is 0.910. The average Bonchev–Trinajstić information content (AvgIpc) is 2.09. The van der Waals surface area contributed by atoms with Crippen LogP contribution >= 0.6 is 35.7 Å². The van der Waals surface area contributed by atoms with E-state index in [2.05, 4.69) is 13.0 Å². The van der Waals surface area contributed by atoms with E-state index < -0.39 is 0 Å². The van der Waals surface area contributed by atoms with Gasteiger partial charge in [0.1, 0.15) is 3.53 Å². The molecule has 0 saturated carbocycles. The van der Waals surface area contributed by atoms with Crippen molar-refractivity contribution >= 4 is 39.3 Å². The van der Waals surface area contributed by atoms with Crippen LogP contribution in [-0.2, 0) is 0 Å². The van der Waals surface area contributed by atoms with Crippen molar-refractivity contribution in [1.29, 1.82) is 5.26 Å². The predicted octanol–water partition coefficient (Wildman–Crippen LogP) is 3.45. The topological polar surface area (TPSA) is 23.8 Å². The summed E-state index contributed by atoms with van der Waals surface area (Å²) in [5, 5.41) is 8.29. The van der Waals surface area contributed by atoms with Crippen molar-refractivity contribution < 1.29 is 0 Å². The molecule has 0 N–H and O–H groups in total. The van der Waals surface area contributed by atoms with Gasteiger partial charge in [-0.15, -0.1) is 11.8 Å². The quantitative estimate of drug-likeness (QED) is 0.522. The van der Waals surface area contributed by atoms with Crippen molar-refractivity contribution in [2.45, 2.75) is 26.2 Å². The van der Waals surface area contributed by atoms with Crippen LogP contribution in [0.15, 0.2) is 0 Å². The second-order valence-corrected chi connectivity index (χ2v) is 5.53. The fourth-order valence-electron chi connectivity index (χ4n) is 0.640. The molecule has 0 radical (unpaired) electrons. The third-order valence-electron chi connectivity index (χ3n) is 1.22. The largest absolute Gasteiger partial charge is 0.197 e. The second kappa shape index (κ2) is 9.37. The van der Waals surface area contributed by atoms with Gasteiger partial charge in [0.2, 0.25) is 0 Å². The molecule has 68 valence electrons. The number of hydrogen-bond donors (Lipinski definition) is 0. The maximum absolute atomic E-state index is 8.29. The van der Waals surface area contributed by atoms with Crippen LogP contribution in [0, 0.1) is 11.3 Å². The normalized spacial score (nSPS) is 9.33. The van der Waals surface area contributed by atoms with Gasteiger partial charge in [0.05, 0.1) is 11.8 Å². The van der Waals surface area contributed by atoms with Gasteiger partial charge in [-0.3, -0.25) is 0 Å². The van der Waals surface area contributed by atoms with Gasteiger partial charge in [-0.05, 0) is 12.2 Å². The van der Waals surface area contributed by atoms with E-state index in [1.54, 1.807) is 11.8 Å². The first-order valence-electron chi connectivity index (χ1n) is 3.97. The number of thiocarbonyl (C=S) groups is 1. The lowest BCUT2D eigenvalue weighted by atomic mass is 10.3. The third kappa shape index (κ3) is 8.38. The molecule has 0 fully saturated rings. The molecule has 0 unspecified atom stereocenters. The third-order valence-corrected chi connectivity index (χ3v) is 3.87. The first kappa shape index (κ1) is 12.3. The van der Waals surface area contributed by atoms with E-state index in [1.807, 2.05) is 0 Å². The van der Waals surface area contributed by atoms with E-state index in [9.17, 15) is 0 Å². The lowest BCUT2D eigenvalue weighted by Gasteiger charge is -1.99. The Morgan fingerprint density at radius 2 is 2.17 bits per heavy atom. The van der Waals surface area contributed by atoms with E-state index in [0.29, 0.717) is 5.75 Å². The van der Waals surface area contributed by atoms with Gasteiger partial charge in [-0.25, -0.2) is 0 Å². The summed E-state index contributed by atoms with van der Waals surface area (Å²) in [6, 6.07) is 2.06. The Bertz CT molecular complexity index is 162. The van der Waals surface area contributed by atoms with E-state index >= 15 is 0 Å². The van der Waals surface area contributed by atoms with Crippen molar-refractivity contribution in [3.8, 4) is 6.07 Å². The number of nitriles is 1. The predicted molar refractivity (Wildman–Crippen MR) is 62.7 cm³/mol. The zero-order valence-corrected chi connectivity index (χ0v) is 9.66. The first-order valence-corrected chi connectivity index (χ1v) is 6.35. The molecule has 12 heavy (non-hydrogen) atoms. The Kier molecular flexibility index (Phi) is 9.59. The van der Waals surface area contributed by atoms with Crippen LogP contribution in [0.3, 0.4) is 0 Å². The SMILES string of the molecule is CCCCCSC(=S)SCC#N. The number of thioether (sulfide) groups is 2. The molecule has 0 aliphatic heterocycles. The molecule has 4 heteroatoms. The Morgan fingerprint density at radius 3 is 2.75 bits per heavy atom. The fraction of sp³-hybridized carbons (Fsp3) is 0.750. The summed E-state index contributed by atoms with van der Waals surface area (Å²) in [7, 11) is 0. The molecule has 0 aliphatic rings. The Morgan fingerprint density at radius 1 is 1.42 bits per heavy atom. The molecule has 0 bridgehead atoms. The van der Waals surface area contributed by atoms with Crippen molar-refractivity contribution in [3.63, 3.8) is 0 Å². The van der Waals surface area contributed by atoms with Crippen LogP contribution in [0.2, 0.25) is 0 Å². The maximum atomic E-state index is 8.29. The van der Waals surface area contributed by atoms with Crippen molar-refractivity contribution in [2.75, 3.05) is 11.5 Å². The highest BCUT2D eigenvalue weighted by molar-refractivity contribution is 8.47. The first-order chi connectivity index (χ1) is 5.81. The van der Waals surface area contributed by atoms with E-state index in [4.69, 9.17) is 17.5 Å². The van der Waals surface area contributed by atoms with Gasteiger partial charge in [-0.2, -0.15) is 5.26 Å². The molecule has 0 atom stereocenters. The van der Waals surface area contributed by atoms with Crippen LogP contribution < -0.4 is 0 Å². The fourth-order valence-corrected chi connectivity index (χ4v) is 2.52. The Hall–Kier alpha value is 0.280. The summed E-state index contributed by atoms with van der Waals surface area (Å²) in [5.74, 6) is 1.59. The number of hydrogen-bond acceptors (Lipinski definition) is 4. The molecule has 0 saturated heterocycles. The number of unbranched alkanes of at least 4 members (excludes halogenated alkanes) is 2. The molecule has 0 rings (SSSR count). The van der Waals surface area contributed by atoms with Crippen LogP contribution in [0.25, 0.3) is 0 Å². The molecule has 0 spiro atoms. The molecule has 0 amide bonds. The van der Waals surface area contributed by atoms with Crippen LogP contribution in [0.1, 0.15) is 26.2 Å². The number of rotatable bonds is 5. The molecule has 0 heterocycles. The molecular weight excluding hydrogens is 206 g/mol. The number of nitrogens with zero attached hydrogens (tertiary/aromatic N) is 1. The van der Waals surface area contributed by atoms with Crippen LogP contribution in [0.4, 0.5) is 0 Å². The van der Waals surface area contributed by atoms with Crippen LogP contribution in [0.5, 0.6) is 0 Å². The van der Waals surface area contributed by atoms with E-state index in [0.717, 1.165) is 9.28 Å². The van der Waals surface area contributed by atoms with Crippen molar-refractivity contribution in [3.05, 3.63) is 0 Å². The molecule has 0 aromatic carbocycles. The highest BCUT2D eigenvalue weighted by Crippen LogP contribution is 2.18. The summed E-state index contributed by atoms with van der Waals surface area (Å²) in [5.41, 5.74) is 0. The highest BCUT2D eigenvalue weighted by atomic mass is 32.2. The van der Waals surface area contributed by atoms with Gasteiger partial charge >= 0.3 is 0 Å². The smallest absolute Gasteiger partial charge is 0.105 e. The summed E-state index contributed by atoms with van der Waals surface area (Å²) in [4.78, 5) is 0. The monoisotopic (exact) mass is 219 g/mol. The molecule has 0 aromatic heterocycles. The van der Waals surface area contributed by atoms with Crippen LogP contribution in [-0.4, -0.2) is 15.0 Å². The van der Waals surface area contributed by atoms with Gasteiger partial charge in [0, 0.05) is 0 Å². The van der Waals surface area contributed by atoms with E-state index in [1.165, 1.54) is 31.0 Å². The zero-order chi connectivity index (χ0) is 9.23. The summed E-state index contributed by atoms with van der Waals surface area (Å²) in [6.07, 6.45) is 3.76. The molecule has 0 aliphatic carbocycles. The minimum absolute atomic E-state index is 0.486. The van der Waals surface area contributed by atoms with Crippen molar-refractivity contribution in [1.82, 2.24) is 0 Å². The van der Waals surface area contributed by atoms with Crippen molar-refractivity contribution in [2.24, 2.45) is 0 Å². The lowest BCUT2D eigenvalue weighted by molar-refractivity contribution is 0.779. The summed E-state index contributed by atoms with van der Waals surface area (Å²) in [6.45, 7) is 2.19. The van der Waals surface area contributed by atoms with Gasteiger partial charge < -0.3 is 0 Å². The average molecular weight is 219 g/mol. The highest BCUT2D eigenvalue weighted by Gasteiger charge is 1.97. The minimum atomic E-state index is 0.486. The van der Waals surface area contributed by atoms with Gasteiger partial charge in [0.25, 0.3) is 0 Å². The van der Waals surface area contributed by atoms with E-state index in [-0.39, 0.29) is 0 Å². The minimum Gasteiger partial charge on any atom is -0.197 e. The maximum Gasteiger partial charge on any atom is 0.105 e. The zero-order valence-electron chi connectivity index (χ0n) is 7.21. The molecule has 0 aromatic rings. The second-order valence-electron chi connectivity index (χ2n) is 2.25. The standard InChI is InChI=1S/C8H13NS3/c1-2-3-4-6-11-8(10)12-7-5-9/h2-4,6-7H2,1H3. The molecular formula is C8H13NS3.